The Bertz CT molecular complexity index is 1060. The van der Waals surface area contributed by atoms with Crippen molar-refractivity contribution in [2.24, 2.45) is 5.92 Å². The Labute approximate surface area is 178 Å². The van der Waals surface area contributed by atoms with Gasteiger partial charge in [0.15, 0.2) is 17.0 Å². The van der Waals surface area contributed by atoms with Crippen molar-refractivity contribution in [3.05, 3.63) is 23.3 Å². The van der Waals surface area contributed by atoms with E-state index in [1.54, 1.807) is 6.07 Å². The second kappa shape index (κ2) is 5.33. The van der Waals surface area contributed by atoms with E-state index in [9.17, 15) is 24.9 Å². The number of urea groups is 1. The molecular weight excluding hydrogens is 402 g/mol. The van der Waals surface area contributed by atoms with Gasteiger partial charge in [0.2, 0.25) is 0 Å². The third kappa shape index (κ3) is 1.87. The van der Waals surface area contributed by atoms with E-state index in [1.165, 1.54) is 18.9 Å². The van der Waals surface area contributed by atoms with Crippen LogP contribution in [0.15, 0.2) is 12.1 Å². The predicted molar refractivity (Wildman–Crippen MR) is 105 cm³/mol. The molecule has 9 heteroatoms. The summed E-state index contributed by atoms with van der Waals surface area (Å²) in [5, 5.41) is 39.6. The second-order valence-corrected chi connectivity index (χ2v) is 10.2. The van der Waals surface area contributed by atoms with E-state index in [4.69, 9.17) is 4.74 Å². The number of hydrogen-bond donors (Lipinski definition) is 5. The highest BCUT2D eigenvalue weighted by atomic mass is 16.5. The van der Waals surface area contributed by atoms with Crippen molar-refractivity contribution in [1.82, 2.24) is 15.5 Å². The van der Waals surface area contributed by atoms with Gasteiger partial charge in [0.25, 0.3) is 5.91 Å². The Morgan fingerprint density at radius 2 is 2.00 bits per heavy atom. The summed E-state index contributed by atoms with van der Waals surface area (Å²) in [6.07, 6.45) is 1.46. The number of ether oxygens (including phenoxy) is 1. The van der Waals surface area contributed by atoms with Gasteiger partial charge in [-0.05, 0) is 56.2 Å². The number of phenols is 1. The van der Waals surface area contributed by atoms with Crippen LogP contribution in [0.5, 0.6) is 11.5 Å². The zero-order valence-electron chi connectivity index (χ0n) is 16.9. The van der Waals surface area contributed by atoms with Crippen LogP contribution in [0, 0.1) is 5.92 Å². The number of aliphatic hydroxyl groups is 2. The van der Waals surface area contributed by atoms with Gasteiger partial charge in [0, 0.05) is 12.1 Å². The highest BCUT2D eigenvalue weighted by Crippen LogP contribution is 2.69. The molecule has 31 heavy (non-hydrogen) atoms. The minimum absolute atomic E-state index is 0.0872. The lowest BCUT2D eigenvalue weighted by molar-refractivity contribution is -0.225. The van der Waals surface area contributed by atoms with Crippen LogP contribution in [-0.4, -0.2) is 68.5 Å². The van der Waals surface area contributed by atoms with Crippen LogP contribution in [0.1, 0.15) is 49.3 Å². The number of hydrogen-bond acceptors (Lipinski definition) is 7. The van der Waals surface area contributed by atoms with Crippen molar-refractivity contribution in [3.8, 4) is 11.5 Å². The Kier molecular flexibility index (Phi) is 3.14. The number of aromatic hydroxyl groups is 1. The maximum absolute atomic E-state index is 13.0. The van der Waals surface area contributed by atoms with Gasteiger partial charge in [0.05, 0.1) is 23.2 Å². The van der Waals surface area contributed by atoms with E-state index in [-0.39, 0.29) is 24.3 Å². The van der Waals surface area contributed by atoms with Crippen LogP contribution in [-0.2, 0) is 10.2 Å². The molecule has 9 nitrogen and oxygen atoms in total. The Balaban J connectivity index is 1.48. The largest absolute Gasteiger partial charge is 0.504 e. The topological polar surface area (TPSA) is 131 Å². The molecule has 3 aliphatic carbocycles. The van der Waals surface area contributed by atoms with E-state index in [0.717, 1.165) is 6.54 Å². The summed E-state index contributed by atoms with van der Waals surface area (Å²) < 4.78 is 6.29. The molecule has 0 unspecified atom stereocenters. The summed E-state index contributed by atoms with van der Waals surface area (Å²) in [6.45, 7) is 1.47. The zero-order chi connectivity index (χ0) is 21.3. The van der Waals surface area contributed by atoms with E-state index >= 15 is 0 Å². The van der Waals surface area contributed by atoms with Crippen LogP contribution >= 0.6 is 0 Å². The van der Waals surface area contributed by atoms with Crippen LogP contribution in [0.2, 0.25) is 0 Å². The Hall–Kier alpha value is -2.36. The number of fused-ring (bicyclic) bond motifs is 1. The summed E-state index contributed by atoms with van der Waals surface area (Å²) in [6, 6.07) is 2.09. The van der Waals surface area contributed by atoms with Crippen LogP contribution < -0.4 is 15.4 Å². The highest BCUT2D eigenvalue weighted by molar-refractivity contribution is 6.08. The predicted octanol–water partition coefficient (Wildman–Crippen LogP) is 0.0254. The van der Waals surface area contributed by atoms with E-state index in [1.807, 2.05) is 0 Å². The zero-order valence-corrected chi connectivity index (χ0v) is 16.9. The van der Waals surface area contributed by atoms with Crippen molar-refractivity contribution in [2.75, 3.05) is 13.1 Å². The number of piperidine rings is 1. The minimum atomic E-state index is -1.35. The van der Waals surface area contributed by atoms with Gasteiger partial charge >= 0.3 is 6.03 Å². The van der Waals surface area contributed by atoms with Crippen molar-refractivity contribution in [3.63, 3.8) is 0 Å². The summed E-state index contributed by atoms with van der Waals surface area (Å²) in [4.78, 5) is 27.4. The summed E-state index contributed by atoms with van der Waals surface area (Å²) in [7, 11) is 0. The number of rotatable bonds is 2. The van der Waals surface area contributed by atoms with Gasteiger partial charge in [-0.15, -0.1) is 0 Å². The van der Waals surface area contributed by atoms with E-state index in [0.29, 0.717) is 30.0 Å². The molecule has 5 N–H and O–H groups in total. The fourth-order valence-corrected chi connectivity index (χ4v) is 7.45. The van der Waals surface area contributed by atoms with E-state index < -0.39 is 46.7 Å². The molecule has 2 saturated carbocycles. The molecule has 6 atom stereocenters. The number of amides is 3. The number of nitrogens with one attached hydrogen (secondary N) is 2. The van der Waals surface area contributed by atoms with Crippen molar-refractivity contribution >= 4 is 11.9 Å². The van der Waals surface area contributed by atoms with Crippen LogP contribution in [0.3, 0.4) is 0 Å². The first-order valence-corrected chi connectivity index (χ1v) is 11.1. The molecule has 2 spiro atoms. The lowest BCUT2D eigenvalue weighted by Gasteiger charge is -2.66. The summed E-state index contributed by atoms with van der Waals surface area (Å²) in [5.41, 5.74) is -2.45. The molecule has 6 aliphatic rings. The molecule has 2 bridgehead atoms. The standard InChI is InChI=1S/C22H25N3O6/c26-12-4-3-11-13-15(12)31-17-20(13)7-8-25(9-10-1-2-10)16(14(11)27)22(20,30)6-5-21(17)18(28)23-19(29)24-21/h3-4,10,14,16-17,26-27,30H,1-2,5-9H2,(H2,23,24,28,29)/t14-,16-,17-,20+,21+,22-/m1/s1. The van der Waals surface area contributed by atoms with Gasteiger partial charge in [-0.2, -0.15) is 0 Å². The smallest absolute Gasteiger partial charge is 0.322 e. The van der Waals surface area contributed by atoms with Crippen LogP contribution in [0.25, 0.3) is 0 Å². The SMILES string of the molecule is O=C1NC(=O)[C@@]2(CC[C@@]3(O)[C@H]4[C@H](O)c5ccc(O)c6c5[C@@]3(CCN4CC3CC3)[C@H]2O6)N1. The maximum atomic E-state index is 13.0. The van der Waals surface area contributed by atoms with Crippen molar-refractivity contribution in [2.45, 2.75) is 66.9 Å². The number of benzene rings is 1. The lowest BCUT2D eigenvalue weighted by Crippen LogP contribution is -2.82. The minimum Gasteiger partial charge on any atom is -0.504 e. The third-order valence-electron chi connectivity index (χ3n) is 8.87. The molecule has 1 aromatic carbocycles. The molecule has 2 saturated heterocycles. The van der Waals surface area contributed by atoms with Gasteiger partial charge in [-0.1, -0.05) is 6.07 Å². The molecule has 1 aromatic rings. The molecule has 3 heterocycles. The number of carbonyl (C=O) groups is 2. The first-order valence-electron chi connectivity index (χ1n) is 11.1. The average Bonchev–Trinajstić information content (AvgIpc) is 3.39. The average molecular weight is 427 g/mol. The number of nitrogens with zero attached hydrogens (tertiary/aromatic N) is 1. The van der Waals surface area contributed by atoms with E-state index in [2.05, 4.69) is 15.5 Å². The fraction of sp³-hybridized carbons (Fsp3) is 0.636. The number of imide groups is 1. The van der Waals surface area contributed by atoms with Gasteiger partial charge < -0.3 is 25.4 Å². The number of phenolic OH excluding ortho intramolecular Hbond substituents is 1. The second-order valence-electron chi connectivity index (χ2n) is 10.2. The lowest BCUT2D eigenvalue weighted by atomic mass is 9.45. The number of likely N-dealkylation sites (tertiary alicyclic amines) is 1. The Morgan fingerprint density at radius 1 is 1.19 bits per heavy atom. The highest BCUT2D eigenvalue weighted by Gasteiger charge is 2.79. The quantitative estimate of drug-likeness (QED) is 0.421. The van der Waals surface area contributed by atoms with Gasteiger partial charge in [0.1, 0.15) is 6.10 Å². The first kappa shape index (κ1) is 18.2. The fourth-order valence-electron chi connectivity index (χ4n) is 7.45. The monoisotopic (exact) mass is 427 g/mol. The van der Waals surface area contributed by atoms with Crippen molar-refractivity contribution < 1.29 is 29.6 Å². The normalized spacial score (nSPS) is 44.6. The van der Waals surface area contributed by atoms with Gasteiger partial charge in [-0.3, -0.25) is 15.0 Å². The number of aliphatic hydroxyl groups excluding tert-OH is 1. The first-order chi connectivity index (χ1) is 14.8. The molecule has 3 aliphatic heterocycles. The third-order valence-corrected chi connectivity index (χ3v) is 8.87. The molecule has 3 amide bonds. The molecule has 7 rings (SSSR count). The molecule has 164 valence electrons. The number of carbonyl (C=O) groups excluding carboxylic acids is 2. The molecular formula is C22H25N3O6. The summed E-state index contributed by atoms with van der Waals surface area (Å²) in [5.74, 6) is 0.253. The van der Waals surface area contributed by atoms with Crippen molar-refractivity contribution in [1.29, 1.82) is 0 Å². The molecule has 0 radical (unpaired) electrons. The maximum Gasteiger partial charge on any atom is 0.322 e. The molecule has 4 fully saturated rings. The summed E-state index contributed by atoms with van der Waals surface area (Å²) >= 11 is 0. The van der Waals surface area contributed by atoms with Crippen LogP contribution in [0.4, 0.5) is 4.79 Å². The Morgan fingerprint density at radius 3 is 2.71 bits per heavy atom. The molecule has 0 aromatic heterocycles. The van der Waals surface area contributed by atoms with Gasteiger partial charge in [-0.25, -0.2) is 4.79 Å².